The molecule has 1 aromatic rings. The Hall–Kier alpha value is -0.870. The van der Waals surface area contributed by atoms with E-state index in [0.717, 1.165) is 10.0 Å². The second-order valence-electron chi connectivity index (χ2n) is 3.93. The number of carbonyl (C=O) groups excluding carboxylic acids is 1. The van der Waals surface area contributed by atoms with Crippen LogP contribution in [0.15, 0.2) is 28.7 Å². The van der Waals surface area contributed by atoms with Crippen molar-refractivity contribution < 1.29 is 4.79 Å². The first kappa shape index (κ1) is 13.2. The highest BCUT2D eigenvalue weighted by Gasteiger charge is 2.13. The van der Waals surface area contributed by atoms with Gasteiger partial charge in [0.05, 0.1) is 6.04 Å². The molecular formula is C12H17BrN2O. The number of rotatable bonds is 4. The second-order valence-corrected chi connectivity index (χ2v) is 4.78. The molecule has 0 fully saturated rings. The molecule has 1 aromatic carbocycles. The fourth-order valence-corrected chi connectivity index (χ4v) is 1.80. The Morgan fingerprint density at radius 3 is 2.62 bits per heavy atom. The molecule has 0 saturated heterocycles. The highest BCUT2D eigenvalue weighted by molar-refractivity contribution is 9.10. The van der Waals surface area contributed by atoms with E-state index in [9.17, 15) is 4.79 Å². The van der Waals surface area contributed by atoms with E-state index in [1.54, 1.807) is 19.0 Å². The average molecular weight is 285 g/mol. The van der Waals surface area contributed by atoms with Crippen molar-refractivity contribution in [2.45, 2.75) is 19.5 Å². The van der Waals surface area contributed by atoms with Gasteiger partial charge in [-0.05, 0) is 18.6 Å². The number of hydrogen-bond donors (Lipinski definition) is 1. The number of hydrogen-bond acceptors (Lipinski definition) is 2. The smallest absolute Gasteiger partial charge is 0.238 e. The molecule has 88 valence electrons. The van der Waals surface area contributed by atoms with Gasteiger partial charge in [0, 0.05) is 25.1 Å². The summed E-state index contributed by atoms with van der Waals surface area (Å²) in [6, 6.07) is 7.82. The minimum atomic E-state index is -0.165. The van der Waals surface area contributed by atoms with Gasteiger partial charge in [-0.25, -0.2) is 0 Å². The van der Waals surface area contributed by atoms with Gasteiger partial charge in [-0.3, -0.25) is 4.79 Å². The largest absolute Gasteiger partial charge is 0.347 e. The summed E-state index contributed by atoms with van der Waals surface area (Å²) >= 11 is 3.48. The molecule has 0 aromatic heterocycles. The lowest BCUT2D eigenvalue weighted by Gasteiger charge is -2.18. The van der Waals surface area contributed by atoms with Crippen molar-refractivity contribution in [3.05, 3.63) is 34.3 Å². The Kier molecular flexibility index (Phi) is 4.96. The third-order valence-electron chi connectivity index (χ3n) is 2.37. The standard InChI is InChI=1S/C12H17BrN2O/c1-9(12(16)15(2)3)14-8-10-6-4-5-7-11(10)13/h4-7,9,14H,8H2,1-3H3. The molecule has 1 unspecified atom stereocenters. The van der Waals surface area contributed by atoms with Gasteiger partial charge >= 0.3 is 0 Å². The number of nitrogens with zero attached hydrogens (tertiary/aromatic N) is 1. The molecule has 0 spiro atoms. The summed E-state index contributed by atoms with van der Waals surface area (Å²) in [4.78, 5) is 13.2. The second kappa shape index (κ2) is 6.01. The van der Waals surface area contributed by atoms with Crippen LogP contribution in [0.25, 0.3) is 0 Å². The Morgan fingerprint density at radius 1 is 1.44 bits per heavy atom. The first-order valence-corrected chi connectivity index (χ1v) is 5.99. The highest BCUT2D eigenvalue weighted by atomic mass is 79.9. The molecule has 0 bridgehead atoms. The molecule has 4 heteroatoms. The van der Waals surface area contributed by atoms with E-state index in [4.69, 9.17) is 0 Å². The average Bonchev–Trinajstić information content (AvgIpc) is 2.26. The van der Waals surface area contributed by atoms with Crippen molar-refractivity contribution in [1.29, 1.82) is 0 Å². The van der Waals surface area contributed by atoms with E-state index >= 15 is 0 Å². The molecular weight excluding hydrogens is 268 g/mol. The molecule has 16 heavy (non-hydrogen) atoms. The molecule has 0 heterocycles. The van der Waals surface area contributed by atoms with E-state index in [0.29, 0.717) is 6.54 Å². The summed E-state index contributed by atoms with van der Waals surface area (Å²) in [6.07, 6.45) is 0. The van der Waals surface area contributed by atoms with Crippen molar-refractivity contribution in [2.75, 3.05) is 14.1 Å². The zero-order valence-corrected chi connectivity index (χ0v) is 11.4. The molecule has 0 radical (unpaired) electrons. The molecule has 1 rings (SSSR count). The number of benzene rings is 1. The van der Waals surface area contributed by atoms with Crippen LogP contribution >= 0.6 is 15.9 Å². The summed E-state index contributed by atoms with van der Waals surface area (Å²) < 4.78 is 1.06. The first-order valence-electron chi connectivity index (χ1n) is 5.20. The summed E-state index contributed by atoms with van der Waals surface area (Å²) in [6.45, 7) is 2.56. The van der Waals surface area contributed by atoms with Gasteiger partial charge < -0.3 is 10.2 Å². The van der Waals surface area contributed by atoms with E-state index in [-0.39, 0.29) is 11.9 Å². The normalized spacial score (nSPS) is 12.2. The molecule has 1 amide bonds. The van der Waals surface area contributed by atoms with E-state index in [1.807, 2.05) is 31.2 Å². The number of halogens is 1. The number of likely N-dealkylation sites (N-methyl/N-ethyl adjacent to an activating group) is 1. The Labute approximate surface area is 105 Å². The Bertz CT molecular complexity index is 366. The van der Waals surface area contributed by atoms with Gasteiger partial charge in [0.25, 0.3) is 0 Å². The SMILES string of the molecule is CC(NCc1ccccc1Br)C(=O)N(C)C. The van der Waals surface area contributed by atoms with Gasteiger partial charge in [0.15, 0.2) is 0 Å². The Morgan fingerprint density at radius 2 is 2.06 bits per heavy atom. The van der Waals surface area contributed by atoms with E-state index in [2.05, 4.69) is 21.2 Å². The first-order chi connectivity index (χ1) is 7.52. The van der Waals surface area contributed by atoms with Crippen LogP contribution < -0.4 is 5.32 Å². The van der Waals surface area contributed by atoms with Gasteiger partial charge in [0.2, 0.25) is 5.91 Å². The van der Waals surface area contributed by atoms with Gasteiger partial charge in [-0.2, -0.15) is 0 Å². The lowest BCUT2D eigenvalue weighted by atomic mass is 10.2. The molecule has 0 aliphatic rings. The van der Waals surface area contributed by atoms with E-state index in [1.165, 1.54) is 0 Å². The summed E-state index contributed by atoms with van der Waals surface area (Å²) in [7, 11) is 3.53. The Balaban J connectivity index is 2.52. The number of carbonyl (C=O) groups is 1. The van der Waals surface area contributed by atoms with Crippen LogP contribution in [0.2, 0.25) is 0 Å². The molecule has 1 atom stereocenters. The van der Waals surface area contributed by atoms with Crippen LogP contribution in [0.4, 0.5) is 0 Å². The molecule has 1 N–H and O–H groups in total. The maximum atomic E-state index is 11.6. The van der Waals surface area contributed by atoms with Crippen molar-refractivity contribution in [1.82, 2.24) is 10.2 Å². The summed E-state index contributed by atoms with van der Waals surface area (Å²) in [5.74, 6) is 0.0899. The third-order valence-corrected chi connectivity index (χ3v) is 3.14. The quantitative estimate of drug-likeness (QED) is 0.918. The highest BCUT2D eigenvalue weighted by Crippen LogP contribution is 2.15. The lowest BCUT2D eigenvalue weighted by molar-refractivity contribution is -0.130. The molecule has 0 aliphatic heterocycles. The van der Waals surface area contributed by atoms with Crippen molar-refractivity contribution in [3.8, 4) is 0 Å². The topological polar surface area (TPSA) is 32.3 Å². The summed E-state index contributed by atoms with van der Waals surface area (Å²) in [5.41, 5.74) is 1.15. The van der Waals surface area contributed by atoms with Crippen molar-refractivity contribution in [2.24, 2.45) is 0 Å². The predicted molar refractivity (Wildman–Crippen MR) is 69.1 cm³/mol. The maximum Gasteiger partial charge on any atom is 0.238 e. The van der Waals surface area contributed by atoms with E-state index < -0.39 is 0 Å². The van der Waals surface area contributed by atoms with Crippen molar-refractivity contribution >= 4 is 21.8 Å². The zero-order valence-electron chi connectivity index (χ0n) is 9.83. The zero-order chi connectivity index (χ0) is 12.1. The lowest BCUT2D eigenvalue weighted by Crippen LogP contribution is -2.41. The van der Waals surface area contributed by atoms with Crippen LogP contribution in [0.1, 0.15) is 12.5 Å². The van der Waals surface area contributed by atoms with Gasteiger partial charge in [-0.15, -0.1) is 0 Å². The van der Waals surface area contributed by atoms with Crippen LogP contribution in [0.5, 0.6) is 0 Å². The third kappa shape index (κ3) is 3.61. The monoisotopic (exact) mass is 284 g/mol. The number of amides is 1. The number of nitrogens with one attached hydrogen (secondary N) is 1. The molecule has 0 saturated carbocycles. The minimum Gasteiger partial charge on any atom is -0.347 e. The van der Waals surface area contributed by atoms with Crippen LogP contribution in [-0.2, 0) is 11.3 Å². The van der Waals surface area contributed by atoms with Gasteiger partial charge in [0.1, 0.15) is 0 Å². The minimum absolute atomic E-state index is 0.0899. The fourth-order valence-electron chi connectivity index (χ4n) is 1.38. The molecule has 3 nitrogen and oxygen atoms in total. The van der Waals surface area contributed by atoms with Crippen LogP contribution in [0, 0.1) is 0 Å². The van der Waals surface area contributed by atoms with Crippen LogP contribution in [0.3, 0.4) is 0 Å². The predicted octanol–water partition coefficient (Wildman–Crippen LogP) is 2.02. The van der Waals surface area contributed by atoms with Crippen molar-refractivity contribution in [3.63, 3.8) is 0 Å². The maximum absolute atomic E-state index is 11.6. The fraction of sp³-hybridized carbons (Fsp3) is 0.417. The molecule has 0 aliphatic carbocycles. The summed E-state index contributed by atoms with van der Waals surface area (Å²) in [5, 5.41) is 3.20. The van der Waals surface area contributed by atoms with Gasteiger partial charge in [-0.1, -0.05) is 34.1 Å². The van der Waals surface area contributed by atoms with Crippen LogP contribution in [-0.4, -0.2) is 30.9 Å².